The molecule has 4 rings (SSSR count). The maximum absolute atomic E-state index is 14.6. The fourth-order valence-electron chi connectivity index (χ4n) is 5.00. The molecule has 0 radical (unpaired) electrons. The maximum atomic E-state index is 14.6. The molecule has 1 aliphatic heterocycles. The van der Waals surface area contributed by atoms with Crippen LogP contribution in [0.5, 0.6) is 5.75 Å². The number of rotatable bonds is 6. The predicted molar refractivity (Wildman–Crippen MR) is 140 cm³/mol. The van der Waals surface area contributed by atoms with Crippen molar-refractivity contribution in [2.24, 2.45) is 0 Å². The Hall–Kier alpha value is -4.20. The average molecular weight is 503 g/mol. The van der Waals surface area contributed by atoms with Gasteiger partial charge in [-0.3, -0.25) is 14.9 Å². The Morgan fingerprint density at radius 3 is 2.27 bits per heavy atom. The molecule has 0 spiro atoms. The molecule has 0 bridgehead atoms. The van der Waals surface area contributed by atoms with Crippen molar-refractivity contribution in [3.8, 4) is 5.75 Å². The van der Waals surface area contributed by atoms with Crippen molar-refractivity contribution in [1.29, 1.82) is 0 Å². The zero-order chi connectivity index (χ0) is 27.0. The first-order valence-corrected chi connectivity index (χ1v) is 12.0. The number of carbonyl (C=O) groups is 2. The number of ether oxygens (including phenoxy) is 2. The minimum atomic E-state index is -1.59. The number of hydrogen-bond donors (Lipinski definition) is 0. The van der Waals surface area contributed by atoms with Crippen molar-refractivity contribution in [2.75, 3.05) is 18.6 Å². The van der Waals surface area contributed by atoms with Crippen LogP contribution in [0.4, 0.5) is 10.5 Å². The number of nitrogens with zero attached hydrogens (tertiary/aromatic N) is 2. The number of benzene rings is 3. The molecule has 0 saturated carbocycles. The summed E-state index contributed by atoms with van der Waals surface area (Å²) in [5, 5.41) is 12.1. The average Bonchev–Trinajstić information content (AvgIpc) is 3.10. The second-order valence-corrected chi connectivity index (χ2v) is 10.2. The molecule has 3 aromatic carbocycles. The highest BCUT2D eigenvalue weighted by molar-refractivity contribution is 6.23. The normalized spacial score (nSPS) is 17.8. The SMILES string of the molecule is COc1ccc2c(c1)[C@](c1ccccc1)([C@H](C[N+](=O)[O-])c1ccc(C)cc1)C(=O)N2C(=O)OC(C)(C)C. The van der Waals surface area contributed by atoms with E-state index in [0.717, 1.165) is 10.5 Å². The van der Waals surface area contributed by atoms with E-state index < -0.39 is 40.4 Å². The molecule has 2 atom stereocenters. The second-order valence-electron chi connectivity index (χ2n) is 10.2. The van der Waals surface area contributed by atoms with E-state index in [9.17, 15) is 19.7 Å². The Bertz CT molecular complexity index is 1330. The molecule has 1 heterocycles. The fourth-order valence-corrected chi connectivity index (χ4v) is 5.00. The Labute approximate surface area is 216 Å². The highest BCUT2D eigenvalue weighted by atomic mass is 16.6. The third kappa shape index (κ3) is 4.67. The number of amides is 2. The molecule has 8 heteroatoms. The Balaban J connectivity index is 2.08. The van der Waals surface area contributed by atoms with Crippen LogP contribution >= 0.6 is 0 Å². The first-order chi connectivity index (χ1) is 17.5. The van der Waals surface area contributed by atoms with Crippen LogP contribution in [-0.4, -0.2) is 36.2 Å². The van der Waals surface area contributed by atoms with Crippen LogP contribution in [0.1, 0.15) is 48.9 Å². The fraction of sp³-hybridized carbons (Fsp3) is 0.310. The summed E-state index contributed by atoms with van der Waals surface area (Å²) in [6.07, 6.45) is -0.842. The summed E-state index contributed by atoms with van der Waals surface area (Å²) in [7, 11) is 1.50. The maximum Gasteiger partial charge on any atom is 0.421 e. The smallest absolute Gasteiger partial charge is 0.421 e. The second kappa shape index (κ2) is 9.69. The third-order valence-corrected chi connectivity index (χ3v) is 6.55. The summed E-state index contributed by atoms with van der Waals surface area (Å²) in [5.74, 6) is -1.08. The largest absolute Gasteiger partial charge is 0.497 e. The van der Waals surface area contributed by atoms with Gasteiger partial charge < -0.3 is 9.47 Å². The van der Waals surface area contributed by atoms with Crippen LogP contribution in [0.15, 0.2) is 72.8 Å². The van der Waals surface area contributed by atoms with Gasteiger partial charge in [0.15, 0.2) is 0 Å². The first kappa shape index (κ1) is 25.9. The first-order valence-electron chi connectivity index (χ1n) is 12.0. The Kier molecular flexibility index (Phi) is 6.78. The van der Waals surface area contributed by atoms with Crippen LogP contribution in [0.2, 0.25) is 0 Å². The van der Waals surface area contributed by atoms with E-state index in [2.05, 4.69) is 0 Å². The van der Waals surface area contributed by atoms with Crippen LogP contribution in [-0.2, 0) is 14.9 Å². The molecule has 1 aliphatic rings. The molecule has 0 aromatic heterocycles. The molecule has 0 aliphatic carbocycles. The molecular formula is C29H30N2O6. The van der Waals surface area contributed by atoms with Gasteiger partial charge in [0, 0.05) is 10.5 Å². The van der Waals surface area contributed by atoms with E-state index in [4.69, 9.17) is 9.47 Å². The van der Waals surface area contributed by atoms with Gasteiger partial charge in [-0.1, -0.05) is 60.2 Å². The molecule has 0 unspecified atom stereocenters. The van der Waals surface area contributed by atoms with Crippen molar-refractivity contribution < 1.29 is 24.0 Å². The summed E-state index contributed by atoms with van der Waals surface area (Å²) in [6.45, 7) is 6.53. The summed E-state index contributed by atoms with van der Waals surface area (Å²) in [5.41, 5.74) is 0.425. The highest BCUT2D eigenvalue weighted by Crippen LogP contribution is 2.55. The molecule has 0 saturated heterocycles. The van der Waals surface area contributed by atoms with E-state index in [1.54, 1.807) is 75.4 Å². The van der Waals surface area contributed by atoms with Crippen molar-refractivity contribution in [3.63, 3.8) is 0 Å². The quantitative estimate of drug-likeness (QED) is 0.320. The molecular weight excluding hydrogens is 472 g/mol. The van der Waals surface area contributed by atoms with Crippen molar-refractivity contribution in [3.05, 3.63) is 105 Å². The molecule has 0 N–H and O–H groups in total. The van der Waals surface area contributed by atoms with Crippen LogP contribution in [0.25, 0.3) is 0 Å². The number of methoxy groups -OCH3 is 1. The monoisotopic (exact) mass is 502 g/mol. The van der Waals surface area contributed by atoms with E-state index in [1.165, 1.54) is 7.11 Å². The lowest BCUT2D eigenvalue weighted by atomic mass is 9.64. The van der Waals surface area contributed by atoms with E-state index in [-0.39, 0.29) is 0 Å². The van der Waals surface area contributed by atoms with Crippen molar-refractivity contribution >= 4 is 17.7 Å². The minimum absolute atomic E-state index is 0.310. The molecule has 37 heavy (non-hydrogen) atoms. The zero-order valence-electron chi connectivity index (χ0n) is 21.6. The van der Waals surface area contributed by atoms with E-state index in [1.807, 2.05) is 25.1 Å². The third-order valence-electron chi connectivity index (χ3n) is 6.55. The lowest BCUT2D eigenvalue weighted by Gasteiger charge is -2.35. The summed E-state index contributed by atoms with van der Waals surface area (Å²) in [6, 6.07) is 21.2. The molecule has 192 valence electrons. The van der Waals surface area contributed by atoms with Gasteiger partial charge in [0.1, 0.15) is 16.8 Å². The predicted octanol–water partition coefficient (Wildman–Crippen LogP) is 5.63. The van der Waals surface area contributed by atoms with Gasteiger partial charge in [0.2, 0.25) is 6.54 Å². The Morgan fingerprint density at radius 2 is 1.70 bits per heavy atom. The summed E-state index contributed by atoms with van der Waals surface area (Å²) in [4.78, 5) is 40.8. The van der Waals surface area contributed by atoms with Crippen LogP contribution < -0.4 is 9.64 Å². The Morgan fingerprint density at radius 1 is 1.05 bits per heavy atom. The lowest BCUT2D eigenvalue weighted by Crippen LogP contribution is -2.50. The zero-order valence-corrected chi connectivity index (χ0v) is 21.6. The van der Waals surface area contributed by atoms with E-state index in [0.29, 0.717) is 28.1 Å². The van der Waals surface area contributed by atoms with Gasteiger partial charge in [-0.15, -0.1) is 0 Å². The number of nitro groups is 1. The molecule has 0 fully saturated rings. The lowest BCUT2D eigenvalue weighted by molar-refractivity contribution is -0.484. The van der Waals surface area contributed by atoms with Crippen molar-refractivity contribution in [2.45, 2.75) is 44.6 Å². The standard InChI is InChI=1S/C29H30N2O6/c1-19-11-13-20(14-12-19)24(18-30(34)35)29(21-9-7-6-8-10-21)23-17-22(36-5)15-16-25(23)31(26(29)32)27(33)37-28(2,3)4/h6-17,24H,18H2,1-5H3/t24-,29-/m1/s1. The van der Waals surface area contributed by atoms with Gasteiger partial charge in [-0.25, -0.2) is 9.69 Å². The number of carbonyl (C=O) groups excluding carboxylic acids is 2. The van der Waals surface area contributed by atoms with Gasteiger partial charge in [0.25, 0.3) is 5.91 Å². The number of anilines is 1. The summed E-state index contributed by atoms with van der Waals surface area (Å²) >= 11 is 0. The summed E-state index contributed by atoms with van der Waals surface area (Å²) < 4.78 is 11.1. The number of fused-ring (bicyclic) bond motifs is 1. The van der Waals surface area contributed by atoms with E-state index >= 15 is 0 Å². The van der Waals surface area contributed by atoms with Crippen molar-refractivity contribution in [1.82, 2.24) is 0 Å². The van der Waals surface area contributed by atoms with Gasteiger partial charge in [-0.05, 0) is 57.0 Å². The molecule has 3 aromatic rings. The molecule has 2 amide bonds. The van der Waals surface area contributed by atoms with Gasteiger partial charge in [-0.2, -0.15) is 0 Å². The number of aryl methyl sites for hydroxylation is 1. The number of imide groups is 1. The number of hydrogen-bond acceptors (Lipinski definition) is 6. The van der Waals surface area contributed by atoms with Crippen LogP contribution in [0, 0.1) is 17.0 Å². The highest BCUT2D eigenvalue weighted by Gasteiger charge is 2.60. The van der Waals surface area contributed by atoms with Crippen LogP contribution in [0.3, 0.4) is 0 Å². The topological polar surface area (TPSA) is 99.0 Å². The van der Waals surface area contributed by atoms with Gasteiger partial charge >= 0.3 is 6.09 Å². The minimum Gasteiger partial charge on any atom is -0.497 e. The molecule has 8 nitrogen and oxygen atoms in total. The van der Waals surface area contributed by atoms with Gasteiger partial charge in [0.05, 0.1) is 18.7 Å².